The summed E-state index contributed by atoms with van der Waals surface area (Å²) in [5, 5.41) is 8.67. The lowest BCUT2D eigenvalue weighted by atomic mass is 9.88. The fraction of sp³-hybridized carbons (Fsp3) is 0.511. The van der Waals surface area contributed by atoms with Gasteiger partial charge in [-0.2, -0.15) is 5.10 Å². The second-order valence-electron chi connectivity index (χ2n) is 17.2. The van der Waals surface area contributed by atoms with Crippen LogP contribution in [0.4, 0.5) is 0 Å². The van der Waals surface area contributed by atoms with Crippen molar-refractivity contribution in [2.45, 2.75) is 118 Å². The molecule has 0 N–H and O–H groups in total. The largest absolute Gasteiger partial charge is 0.493 e. The molecule has 3 fully saturated rings. The van der Waals surface area contributed by atoms with Gasteiger partial charge in [0.25, 0.3) is 6.47 Å². The lowest BCUT2D eigenvalue weighted by Crippen LogP contribution is -2.67. The summed E-state index contributed by atoms with van der Waals surface area (Å²) in [4.78, 5) is 29.0. The first-order valence-corrected chi connectivity index (χ1v) is 21.1. The smallest absolute Gasteiger partial charge is 0.355 e. The number of piperidine rings is 1. The highest BCUT2D eigenvalue weighted by molar-refractivity contribution is 6.35. The predicted octanol–water partition coefficient (Wildman–Crippen LogP) is 9.80. The summed E-state index contributed by atoms with van der Waals surface area (Å²) in [5.41, 5.74) is 5.46. The molecule has 5 heterocycles. The van der Waals surface area contributed by atoms with E-state index in [-0.39, 0.29) is 11.6 Å². The number of rotatable bonds is 11. The number of aryl methyl sites for hydroxylation is 3. The highest BCUT2D eigenvalue weighted by atomic mass is 35.5. The van der Waals surface area contributed by atoms with Crippen LogP contribution in [0.2, 0.25) is 5.02 Å². The van der Waals surface area contributed by atoms with Gasteiger partial charge in [-0.15, -0.1) is 0 Å². The van der Waals surface area contributed by atoms with Crippen molar-refractivity contribution in [1.29, 1.82) is 0 Å². The van der Waals surface area contributed by atoms with Gasteiger partial charge < -0.3 is 18.8 Å². The molecule has 2 atom stereocenters. The number of aromatic nitrogens is 3. The zero-order valence-electron chi connectivity index (χ0n) is 36.7. The van der Waals surface area contributed by atoms with Gasteiger partial charge in [0.15, 0.2) is 0 Å². The number of esters is 1. The van der Waals surface area contributed by atoms with Crippen molar-refractivity contribution >= 4 is 45.7 Å². The van der Waals surface area contributed by atoms with E-state index in [0.29, 0.717) is 48.8 Å². The second-order valence-corrected chi connectivity index (χ2v) is 17.6. The van der Waals surface area contributed by atoms with Crippen LogP contribution in [-0.4, -0.2) is 93.2 Å². The lowest BCUT2D eigenvalue weighted by molar-refractivity contribution is -0.138. The SMILES string of the molecule is CC.CC(C)(C)OC=O.Cc1nn(C)c(C)c1-c1c(Cl)ccc2c(CCCOc3cccc4ccccc34)c(C(=O)OC(C)(C)C)n(CCN3CC4CC(C3)N4C)c12. The summed E-state index contributed by atoms with van der Waals surface area (Å²) in [6, 6.07) is 19.7. The molecule has 58 heavy (non-hydrogen) atoms. The maximum atomic E-state index is 14.4. The zero-order valence-corrected chi connectivity index (χ0v) is 37.5. The van der Waals surface area contributed by atoms with E-state index in [1.165, 1.54) is 6.42 Å². The number of carbonyl (C=O) groups is 2. The van der Waals surface area contributed by atoms with Gasteiger partial charge in [-0.1, -0.05) is 67.9 Å². The molecule has 8 rings (SSSR count). The first kappa shape index (κ1) is 44.7. The molecule has 2 aromatic heterocycles. The number of likely N-dealkylation sites (N-methyl/N-ethyl adjacent to an activating group) is 1. The molecule has 5 aromatic rings. The Hall–Kier alpha value is -4.38. The molecule has 0 spiro atoms. The third kappa shape index (κ3) is 10.1. The van der Waals surface area contributed by atoms with E-state index in [1.807, 2.05) is 104 Å². The van der Waals surface area contributed by atoms with Crippen molar-refractivity contribution in [3.05, 3.63) is 82.3 Å². The number of nitrogens with zero attached hydrogens (tertiary/aromatic N) is 5. The summed E-state index contributed by atoms with van der Waals surface area (Å²) in [6.07, 6.45) is 2.64. The van der Waals surface area contributed by atoms with Crippen LogP contribution < -0.4 is 4.74 Å². The molecular weight excluding hydrogens is 750 g/mol. The Morgan fingerprint density at radius 2 is 1.55 bits per heavy atom. The second kappa shape index (κ2) is 18.7. The monoisotopic (exact) mass is 813 g/mol. The number of hydrogen-bond donors (Lipinski definition) is 0. The first-order valence-electron chi connectivity index (χ1n) is 20.7. The third-order valence-corrected chi connectivity index (χ3v) is 11.2. The van der Waals surface area contributed by atoms with Gasteiger partial charge in [0, 0.05) is 72.9 Å². The summed E-state index contributed by atoms with van der Waals surface area (Å²) in [5.74, 6) is 0.561. The van der Waals surface area contributed by atoms with Crippen LogP contribution in [-0.2, 0) is 34.3 Å². The Kier molecular flexibility index (Phi) is 14.4. The molecule has 0 saturated carbocycles. The average molecular weight is 815 g/mol. The third-order valence-electron chi connectivity index (χ3n) is 10.9. The van der Waals surface area contributed by atoms with Gasteiger partial charge in [0.1, 0.15) is 22.6 Å². The molecule has 3 aliphatic heterocycles. The molecule has 2 bridgehead atoms. The van der Waals surface area contributed by atoms with E-state index < -0.39 is 5.60 Å². The molecule has 3 aliphatic rings. The highest BCUT2D eigenvalue weighted by Gasteiger charge is 2.42. The summed E-state index contributed by atoms with van der Waals surface area (Å²) < 4.78 is 21.2. The van der Waals surface area contributed by atoms with Crippen molar-refractivity contribution in [3.63, 3.8) is 0 Å². The molecule has 0 radical (unpaired) electrons. The zero-order chi connectivity index (χ0) is 42.5. The number of piperazine rings is 1. The van der Waals surface area contributed by atoms with Crippen LogP contribution in [0.3, 0.4) is 0 Å². The molecule has 314 valence electrons. The molecule has 3 aromatic carbocycles. The summed E-state index contributed by atoms with van der Waals surface area (Å²) >= 11 is 7.14. The van der Waals surface area contributed by atoms with Gasteiger partial charge in [-0.05, 0) is 105 Å². The molecule has 10 nitrogen and oxygen atoms in total. The molecule has 0 amide bonds. The minimum atomic E-state index is -0.650. The van der Waals surface area contributed by atoms with Crippen molar-refractivity contribution in [1.82, 2.24) is 24.1 Å². The van der Waals surface area contributed by atoms with Crippen molar-refractivity contribution in [2.75, 3.05) is 33.3 Å². The minimum absolute atomic E-state index is 0.309. The van der Waals surface area contributed by atoms with Crippen molar-refractivity contribution in [3.8, 4) is 16.9 Å². The van der Waals surface area contributed by atoms with E-state index >= 15 is 0 Å². The van der Waals surface area contributed by atoms with E-state index in [4.69, 9.17) is 26.2 Å². The lowest BCUT2D eigenvalue weighted by Gasteiger charge is -2.55. The van der Waals surface area contributed by atoms with Crippen LogP contribution in [0.5, 0.6) is 5.75 Å². The van der Waals surface area contributed by atoms with E-state index in [9.17, 15) is 9.59 Å². The van der Waals surface area contributed by atoms with E-state index in [2.05, 4.69) is 57.3 Å². The number of benzene rings is 3. The Morgan fingerprint density at radius 3 is 2.14 bits per heavy atom. The Morgan fingerprint density at radius 1 is 0.879 bits per heavy atom. The topological polar surface area (TPSA) is 91.1 Å². The Balaban J connectivity index is 0.000000645. The van der Waals surface area contributed by atoms with Crippen LogP contribution in [0.15, 0.2) is 54.6 Å². The highest BCUT2D eigenvalue weighted by Crippen LogP contribution is 2.43. The van der Waals surface area contributed by atoms with Gasteiger partial charge in [-0.3, -0.25) is 19.3 Å². The molecular formula is C47H64ClN5O5. The number of hydrogen-bond acceptors (Lipinski definition) is 8. The van der Waals surface area contributed by atoms with Crippen molar-refractivity contribution < 1.29 is 23.8 Å². The van der Waals surface area contributed by atoms with Crippen LogP contribution in [0.25, 0.3) is 32.8 Å². The number of carbonyl (C=O) groups excluding carboxylic acids is 2. The van der Waals surface area contributed by atoms with Gasteiger partial charge in [0.05, 0.1) is 22.8 Å². The van der Waals surface area contributed by atoms with Crippen molar-refractivity contribution in [2.24, 2.45) is 7.05 Å². The van der Waals surface area contributed by atoms with E-state index in [0.717, 1.165) is 81.6 Å². The standard InChI is InChI=1S/C40H48ClN5O3.C5H10O2.C2H6/c1-25-35(26(2)44(7)42-25)36-33(41)18-17-32-31(15-11-21-48-34-16-10-13-27-12-8-9-14-30(27)34)38(39(47)49-40(3,4)5)46(37(32)36)20-19-45-23-28-22-29(24-45)43(28)6;1-5(2,3)7-4-6;1-2/h8-10,12-14,16-18,28-29H,11,15,19-24H2,1-7H3;4H,1-3H3;1-2H3. The maximum absolute atomic E-state index is 14.4. The number of fused-ring (bicyclic) bond motifs is 4. The molecule has 2 unspecified atom stereocenters. The molecule has 3 saturated heterocycles. The van der Waals surface area contributed by atoms with Gasteiger partial charge in [-0.25, -0.2) is 4.79 Å². The summed E-state index contributed by atoms with van der Waals surface area (Å²) in [7, 11) is 4.20. The van der Waals surface area contributed by atoms with Crippen LogP contribution >= 0.6 is 11.6 Å². The predicted molar refractivity (Wildman–Crippen MR) is 236 cm³/mol. The Labute approximate surface area is 350 Å². The quantitative estimate of drug-likeness (QED) is 0.0740. The number of halogens is 1. The Bertz CT molecular complexity index is 2190. The first-order chi connectivity index (χ1) is 27.5. The normalized spacial score (nSPS) is 16.8. The minimum Gasteiger partial charge on any atom is -0.493 e. The maximum Gasteiger partial charge on any atom is 0.355 e. The molecule has 0 aliphatic carbocycles. The molecule has 11 heteroatoms. The van der Waals surface area contributed by atoms with Crippen LogP contribution in [0.1, 0.15) is 95.7 Å². The fourth-order valence-corrected chi connectivity index (χ4v) is 8.35. The summed E-state index contributed by atoms with van der Waals surface area (Å²) in [6.45, 7) is 23.9. The van der Waals surface area contributed by atoms with Gasteiger partial charge in [0.2, 0.25) is 0 Å². The van der Waals surface area contributed by atoms with Gasteiger partial charge >= 0.3 is 5.97 Å². The average Bonchev–Trinajstić information content (AvgIpc) is 3.62. The number of ether oxygens (including phenoxy) is 3. The van der Waals surface area contributed by atoms with E-state index in [1.54, 1.807) is 0 Å². The van der Waals surface area contributed by atoms with Crippen LogP contribution in [0, 0.1) is 13.8 Å². The fourth-order valence-electron chi connectivity index (χ4n) is 8.11.